The maximum absolute atomic E-state index is 11.2. The molecule has 0 aromatic carbocycles. The largest absolute Gasteiger partial charge is 0.515 e. The minimum absolute atomic E-state index is 0.0594. The Balaban J connectivity index is 3.00. The Morgan fingerprint density at radius 2 is 2.45 bits per heavy atom. The molecule has 2 nitrogen and oxygen atoms in total. The van der Waals surface area contributed by atoms with Crippen molar-refractivity contribution in [3.63, 3.8) is 0 Å². The molecule has 1 aliphatic carbocycles. The summed E-state index contributed by atoms with van der Waals surface area (Å²) in [5, 5.41) is 9.00. The molecule has 11 heavy (non-hydrogen) atoms. The van der Waals surface area contributed by atoms with Crippen LogP contribution in [0.25, 0.3) is 0 Å². The summed E-state index contributed by atoms with van der Waals surface area (Å²) in [4.78, 5) is 11.2. The minimum atomic E-state index is -0.0833. The quantitative estimate of drug-likeness (QED) is 0.449. The van der Waals surface area contributed by atoms with E-state index < -0.39 is 0 Å². The highest BCUT2D eigenvalue weighted by Gasteiger charge is 2.23. The van der Waals surface area contributed by atoms with E-state index in [4.69, 9.17) is 16.7 Å². The lowest BCUT2D eigenvalue weighted by Crippen LogP contribution is -2.17. The van der Waals surface area contributed by atoms with Gasteiger partial charge in [0.1, 0.15) is 0 Å². The molecule has 0 heterocycles. The molecule has 1 aliphatic rings. The number of ketones is 1. The first-order chi connectivity index (χ1) is 5.16. The second-order valence-corrected chi connectivity index (χ2v) is 3.00. The number of aliphatic hydroxyl groups is 1. The van der Waals surface area contributed by atoms with Crippen LogP contribution in [0, 0.1) is 5.92 Å². The van der Waals surface area contributed by atoms with Gasteiger partial charge < -0.3 is 5.11 Å². The van der Waals surface area contributed by atoms with Crippen molar-refractivity contribution in [2.75, 3.05) is 0 Å². The van der Waals surface area contributed by atoms with E-state index in [-0.39, 0.29) is 17.3 Å². The lowest BCUT2D eigenvalue weighted by Gasteiger charge is -2.15. The molecule has 1 N–H and O–H groups in total. The van der Waals surface area contributed by atoms with Crippen molar-refractivity contribution in [2.24, 2.45) is 5.92 Å². The highest BCUT2D eigenvalue weighted by Crippen LogP contribution is 2.26. The molecule has 3 heteroatoms. The van der Waals surface area contributed by atoms with Crippen LogP contribution in [-0.4, -0.2) is 10.9 Å². The fourth-order valence-electron chi connectivity index (χ4n) is 1.01. The van der Waals surface area contributed by atoms with Gasteiger partial charge >= 0.3 is 0 Å². The number of allylic oxidation sites excluding steroid dienone is 3. The van der Waals surface area contributed by atoms with Crippen molar-refractivity contribution in [3.8, 4) is 0 Å². The van der Waals surface area contributed by atoms with Gasteiger partial charge in [0.2, 0.25) is 0 Å². The van der Waals surface area contributed by atoms with Gasteiger partial charge in [-0.2, -0.15) is 0 Å². The molecule has 0 aromatic rings. The molecule has 0 radical (unpaired) electrons. The van der Waals surface area contributed by atoms with E-state index in [0.29, 0.717) is 11.5 Å². The molecule has 0 aliphatic heterocycles. The van der Waals surface area contributed by atoms with Crippen molar-refractivity contribution in [1.82, 2.24) is 0 Å². The van der Waals surface area contributed by atoms with Crippen LogP contribution in [-0.2, 0) is 4.79 Å². The number of Topliss-reactive ketones (excluding diaryl/α,β-unsaturated/α-hetero) is 1. The van der Waals surface area contributed by atoms with Crippen LogP contribution in [0.2, 0.25) is 0 Å². The molecule has 1 atom stereocenters. The van der Waals surface area contributed by atoms with Crippen molar-refractivity contribution < 1.29 is 9.90 Å². The summed E-state index contributed by atoms with van der Waals surface area (Å²) in [6.45, 7) is 1.81. The summed E-state index contributed by atoms with van der Waals surface area (Å²) in [7, 11) is 0. The first kappa shape index (κ1) is 8.34. The third-order valence-corrected chi connectivity index (χ3v) is 2.11. The molecular formula is C8H9ClO2. The third kappa shape index (κ3) is 1.46. The Kier molecular flexibility index (Phi) is 2.35. The smallest absolute Gasteiger partial charge is 0.170 e. The number of hydrogen-bond acceptors (Lipinski definition) is 2. The van der Waals surface area contributed by atoms with Crippen LogP contribution >= 0.6 is 11.6 Å². The van der Waals surface area contributed by atoms with Gasteiger partial charge in [0.15, 0.2) is 5.78 Å². The highest BCUT2D eigenvalue weighted by atomic mass is 35.5. The Morgan fingerprint density at radius 3 is 2.91 bits per heavy atom. The van der Waals surface area contributed by atoms with Gasteiger partial charge in [0.25, 0.3) is 0 Å². The average Bonchev–Trinajstić information content (AvgIpc) is 1.99. The van der Waals surface area contributed by atoms with Crippen molar-refractivity contribution in [1.29, 1.82) is 0 Å². The Labute approximate surface area is 70.2 Å². The molecule has 0 amide bonds. The van der Waals surface area contributed by atoms with E-state index in [1.54, 1.807) is 6.08 Å². The highest BCUT2D eigenvalue weighted by molar-refractivity contribution is 6.36. The SMILES string of the molecule is CC1CC=C(Cl)C(=CO)C1=O. The van der Waals surface area contributed by atoms with E-state index in [0.717, 1.165) is 6.26 Å². The maximum Gasteiger partial charge on any atom is 0.170 e. The zero-order valence-electron chi connectivity index (χ0n) is 6.17. The van der Waals surface area contributed by atoms with Crippen LogP contribution < -0.4 is 0 Å². The van der Waals surface area contributed by atoms with E-state index in [1.807, 2.05) is 6.92 Å². The number of carbonyl (C=O) groups excluding carboxylic acids is 1. The molecular weight excluding hydrogens is 164 g/mol. The summed E-state index contributed by atoms with van der Waals surface area (Å²) in [5.74, 6) is -0.143. The summed E-state index contributed by atoms with van der Waals surface area (Å²) in [5.41, 5.74) is 0.227. The number of rotatable bonds is 0. The van der Waals surface area contributed by atoms with Crippen LogP contribution in [0.3, 0.4) is 0 Å². The van der Waals surface area contributed by atoms with E-state index in [1.165, 1.54) is 0 Å². The topological polar surface area (TPSA) is 37.3 Å². The van der Waals surface area contributed by atoms with Gasteiger partial charge in [-0.1, -0.05) is 24.6 Å². The molecule has 1 rings (SSSR count). The van der Waals surface area contributed by atoms with Crippen LogP contribution in [0.1, 0.15) is 13.3 Å². The Hall–Kier alpha value is -0.760. The lowest BCUT2D eigenvalue weighted by molar-refractivity contribution is -0.118. The third-order valence-electron chi connectivity index (χ3n) is 1.75. The standard InChI is InChI=1S/C8H9ClO2/c1-5-2-3-7(9)6(4-10)8(5)11/h3-5,10H,2H2,1H3. The fourth-order valence-corrected chi connectivity index (χ4v) is 1.24. The molecule has 0 fully saturated rings. The van der Waals surface area contributed by atoms with E-state index in [9.17, 15) is 4.79 Å². The van der Waals surface area contributed by atoms with Crippen molar-refractivity contribution in [3.05, 3.63) is 22.9 Å². The zero-order chi connectivity index (χ0) is 8.43. The maximum atomic E-state index is 11.2. The predicted molar refractivity (Wildman–Crippen MR) is 43.4 cm³/mol. The molecule has 0 saturated carbocycles. The van der Waals surface area contributed by atoms with Gasteiger partial charge in [-0.05, 0) is 6.42 Å². The van der Waals surface area contributed by atoms with E-state index >= 15 is 0 Å². The molecule has 0 bridgehead atoms. The number of aliphatic hydroxyl groups excluding tert-OH is 1. The molecule has 1 unspecified atom stereocenters. The number of hydrogen-bond donors (Lipinski definition) is 1. The van der Waals surface area contributed by atoms with Crippen LogP contribution in [0.15, 0.2) is 22.9 Å². The van der Waals surface area contributed by atoms with Crippen molar-refractivity contribution >= 4 is 17.4 Å². The van der Waals surface area contributed by atoms with E-state index in [2.05, 4.69) is 0 Å². The summed E-state index contributed by atoms with van der Waals surface area (Å²) < 4.78 is 0. The second-order valence-electron chi connectivity index (χ2n) is 2.60. The zero-order valence-corrected chi connectivity index (χ0v) is 6.93. The first-order valence-electron chi connectivity index (χ1n) is 3.41. The second kappa shape index (κ2) is 3.09. The number of halogens is 1. The normalized spacial score (nSPS) is 28.9. The predicted octanol–water partition coefficient (Wildman–Crippen LogP) is 2.16. The molecule has 0 saturated heterocycles. The van der Waals surface area contributed by atoms with Crippen molar-refractivity contribution in [2.45, 2.75) is 13.3 Å². The van der Waals surface area contributed by atoms with Gasteiger partial charge in [-0.25, -0.2) is 0 Å². The summed E-state index contributed by atoms with van der Waals surface area (Å²) in [6, 6.07) is 0. The summed E-state index contributed by atoms with van der Waals surface area (Å²) in [6.07, 6.45) is 3.18. The number of carbonyl (C=O) groups is 1. The van der Waals surface area contributed by atoms with Crippen LogP contribution in [0.5, 0.6) is 0 Å². The monoisotopic (exact) mass is 172 g/mol. The average molecular weight is 173 g/mol. The lowest BCUT2D eigenvalue weighted by atomic mass is 9.91. The Morgan fingerprint density at radius 1 is 1.82 bits per heavy atom. The van der Waals surface area contributed by atoms with Crippen LogP contribution in [0.4, 0.5) is 0 Å². The van der Waals surface area contributed by atoms with Gasteiger partial charge in [0, 0.05) is 5.92 Å². The molecule has 0 aromatic heterocycles. The fraction of sp³-hybridized carbons (Fsp3) is 0.375. The first-order valence-corrected chi connectivity index (χ1v) is 3.79. The molecule has 60 valence electrons. The Bertz CT molecular complexity index is 240. The van der Waals surface area contributed by atoms with Gasteiger partial charge in [-0.3, -0.25) is 4.79 Å². The minimum Gasteiger partial charge on any atom is -0.515 e. The summed E-state index contributed by atoms with van der Waals surface area (Å²) >= 11 is 5.65. The molecule has 0 spiro atoms. The van der Waals surface area contributed by atoms with Gasteiger partial charge in [-0.15, -0.1) is 0 Å². The van der Waals surface area contributed by atoms with Gasteiger partial charge in [0.05, 0.1) is 16.9 Å².